The Labute approximate surface area is 116 Å². The van der Waals surface area contributed by atoms with E-state index in [0.29, 0.717) is 5.75 Å². The van der Waals surface area contributed by atoms with Crippen LogP contribution in [0.3, 0.4) is 0 Å². The van der Waals surface area contributed by atoms with Crippen LogP contribution in [0, 0.1) is 11.6 Å². The molecule has 0 saturated carbocycles. The maximum atomic E-state index is 13.5. The van der Waals surface area contributed by atoms with E-state index in [2.05, 4.69) is 0 Å². The molecule has 2 aromatic carbocycles. The molecule has 0 aromatic heterocycles. The lowest BCUT2D eigenvalue weighted by atomic mass is 10.1. The van der Waals surface area contributed by atoms with Gasteiger partial charge in [-0.15, -0.1) is 0 Å². The highest BCUT2D eigenvalue weighted by molar-refractivity contribution is 5.40. The third-order valence-electron chi connectivity index (χ3n) is 3.68. The fraction of sp³-hybridized carbons (Fsp3) is 0.250. The molecule has 0 amide bonds. The van der Waals surface area contributed by atoms with E-state index in [4.69, 9.17) is 10.5 Å². The van der Waals surface area contributed by atoms with Crippen molar-refractivity contribution in [1.82, 2.24) is 0 Å². The van der Waals surface area contributed by atoms with Gasteiger partial charge in [-0.3, -0.25) is 0 Å². The van der Waals surface area contributed by atoms with E-state index in [1.807, 2.05) is 12.1 Å². The molecule has 0 bridgehead atoms. The average Bonchev–Trinajstić information content (AvgIpc) is 2.79. The van der Waals surface area contributed by atoms with Gasteiger partial charge in [0.05, 0.1) is 5.56 Å². The molecule has 0 fully saturated rings. The lowest BCUT2D eigenvalue weighted by Crippen LogP contribution is -2.05. The van der Waals surface area contributed by atoms with E-state index in [-0.39, 0.29) is 18.2 Å². The number of nitrogens with two attached hydrogens (primary N) is 1. The van der Waals surface area contributed by atoms with Crippen LogP contribution in [0.5, 0.6) is 5.75 Å². The summed E-state index contributed by atoms with van der Waals surface area (Å²) in [5.74, 6) is -0.568. The second-order valence-corrected chi connectivity index (χ2v) is 4.99. The smallest absolute Gasteiger partial charge is 0.132 e. The van der Waals surface area contributed by atoms with Crippen molar-refractivity contribution in [3.8, 4) is 5.75 Å². The predicted molar refractivity (Wildman–Crippen MR) is 72.4 cm³/mol. The van der Waals surface area contributed by atoms with Crippen LogP contribution in [-0.2, 0) is 13.0 Å². The van der Waals surface area contributed by atoms with Gasteiger partial charge in [-0.1, -0.05) is 12.1 Å². The lowest BCUT2D eigenvalue weighted by Gasteiger charge is -2.10. The van der Waals surface area contributed by atoms with E-state index in [1.54, 1.807) is 6.07 Å². The zero-order chi connectivity index (χ0) is 14.1. The Morgan fingerprint density at radius 2 is 1.90 bits per heavy atom. The third-order valence-corrected chi connectivity index (χ3v) is 3.68. The first-order valence-corrected chi connectivity index (χ1v) is 6.59. The number of halogens is 2. The average molecular weight is 275 g/mol. The van der Waals surface area contributed by atoms with Gasteiger partial charge in [-0.05, 0) is 48.2 Å². The van der Waals surface area contributed by atoms with Crippen LogP contribution in [0.4, 0.5) is 8.78 Å². The summed E-state index contributed by atoms with van der Waals surface area (Å²) in [4.78, 5) is 0. The third kappa shape index (κ3) is 2.39. The normalized spacial score (nSPS) is 17.1. The minimum Gasteiger partial charge on any atom is -0.489 e. The Hall–Kier alpha value is -1.94. The van der Waals surface area contributed by atoms with Gasteiger partial charge in [0.2, 0.25) is 0 Å². The largest absolute Gasteiger partial charge is 0.489 e. The fourth-order valence-corrected chi connectivity index (χ4v) is 2.54. The van der Waals surface area contributed by atoms with Crippen molar-refractivity contribution in [1.29, 1.82) is 0 Å². The quantitative estimate of drug-likeness (QED) is 0.930. The first-order chi connectivity index (χ1) is 9.65. The molecule has 0 radical (unpaired) electrons. The van der Waals surface area contributed by atoms with Crippen molar-refractivity contribution in [3.63, 3.8) is 0 Å². The highest BCUT2D eigenvalue weighted by Gasteiger charge is 2.19. The van der Waals surface area contributed by atoms with Gasteiger partial charge in [-0.25, -0.2) is 8.78 Å². The summed E-state index contributed by atoms with van der Waals surface area (Å²) in [5.41, 5.74) is 8.20. The van der Waals surface area contributed by atoms with Crippen LogP contribution in [0.2, 0.25) is 0 Å². The molecule has 2 aromatic rings. The number of benzene rings is 2. The molecule has 104 valence electrons. The van der Waals surface area contributed by atoms with Crippen LogP contribution in [0.15, 0.2) is 36.4 Å². The second-order valence-electron chi connectivity index (χ2n) is 4.99. The van der Waals surface area contributed by atoms with Crippen LogP contribution >= 0.6 is 0 Å². The predicted octanol–water partition coefficient (Wildman–Crippen LogP) is 3.49. The zero-order valence-electron chi connectivity index (χ0n) is 10.9. The molecule has 0 unspecified atom stereocenters. The van der Waals surface area contributed by atoms with E-state index >= 15 is 0 Å². The molecule has 4 heteroatoms. The highest BCUT2D eigenvalue weighted by Crippen LogP contribution is 2.32. The SMILES string of the molecule is N[C@@H]1CCc2cc(OCc3c(F)cccc3F)ccc21. The first kappa shape index (κ1) is 13.1. The Morgan fingerprint density at radius 3 is 2.65 bits per heavy atom. The van der Waals surface area contributed by atoms with Crippen LogP contribution in [0.1, 0.15) is 29.2 Å². The van der Waals surface area contributed by atoms with Gasteiger partial charge < -0.3 is 10.5 Å². The van der Waals surface area contributed by atoms with Crippen LogP contribution in [-0.4, -0.2) is 0 Å². The van der Waals surface area contributed by atoms with Crippen molar-refractivity contribution in [2.24, 2.45) is 5.73 Å². The van der Waals surface area contributed by atoms with E-state index in [1.165, 1.54) is 18.2 Å². The number of fused-ring (bicyclic) bond motifs is 1. The summed E-state index contributed by atoms with van der Waals surface area (Å²) >= 11 is 0. The van der Waals surface area contributed by atoms with Gasteiger partial charge in [0.1, 0.15) is 24.0 Å². The molecule has 0 heterocycles. The summed E-state index contributed by atoms with van der Waals surface area (Å²) in [7, 11) is 0. The Bertz CT molecular complexity index is 622. The Morgan fingerprint density at radius 1 is 1.15 bits per heavy atom. The molecule has 2 N–H and O–H groups in total. The lowest BCUT2D eigenvalue weighted by molar-refractivity contribution is 0.292. The van der Waals surface area contributed by atoms with E-state index < -0.39 is 11.6 Å². The topological polar surface area (TPSA) is 35.2 Å². The van der Waals surface area contributed by atoms with Crippen LogP contribution < -0.4 is 10.5 Å². The van der Waals surface area contributed by atoms with Gasteiger partial charge in [0.15, 0.2) is 0 Å². The Balaban J connectivity index is 1.76. The molecule has 0 aliphatic heterocycles. The molecular formula is C16H15F2NO. The highest BCUT2D eigenvalue weighted by atomic mass is 19.1. The summed E-state index contributed by atoms with van der Waals surface area (Å²) in [6.07, 6.45) is 1.85. The summed E-state index contributed by atoms with van der Waals surface area (Å²) in [6, 6.07) is 9.50. The minimum absolute atomic E-state index is 0.0512. The van der Waals surface area contributed by atoms with Crippen molar-refractivity contribution in [3.05, 3.63) is 64.7 Å². The summed E-state index contributed by atoms with van der Waals surface area (Å²) in [6.45, 7) is -0.122. The monoisotopic (exact) mass is 275 g/mol. The maximum absolute atomic E-state index is 13.5. The zero-order valence-corrected chi connectivity index (χ0v) is 10.9. The van der Waals surface area contributed by atoms with Crippen LogP contribution in [0.25, 0.3) is 0 Å². The number of hydrogen-bond acceptors (Lipinski definition) is 2. The number of ether oxygens (including phenoxy) is 1. The Kier molecular flexibility index (Phi) is 3.40. The van der Waals surface area contributed by atoms with E-state index in [9.17, 15) is 8.78 Å². The van der Waals surface area contributed by atoms with Crippen molar-refractivity contribution in [2.45, 2.75) is 25.5 Å². The van der Waals surface area contributed by atoms with Crippen molar-refractivity contribution in [2.75, 3.05) is 0 Å². The van der Waals surface area contributed by atoms with Crippen molar-refractivity contribution < 1.29 is 13.5 Å². The first-order valence-electron chi connectivity index (χ1n) is 6.59. The second kappa shape index (κ2) is 5.21. The van der Waals surface area contributed by atoms with Gasteiger partial charge in [-0.2, -0.15) is 0 Å². The molecule has 1 aliphatic carbocycles. The number of hydrogen-bond donors (Lipinski definition) is 1. The fourth-order valence-electron chi connectivity index (χ4n) is 2.54. The molecular weight excluding hydrogens is 260 g/mol. The molecule has 0 spiro atoms. The summed E-state index contributed by atoms with van der Waals surface area (Å²) in [5, 5.41) is 0. The molecule has 2 nitrogen and oxygen atoms in total. The molecule has 3 rings (SSSR count). The molecule has 0 saturated heterocycles. The standard InChI is InChI=1S/C16H15F2NO/c17-14-2-1-3-15(18)13(14)9-20-11-5-6-12-10(8-11)4-7-16(12)19/h1-3,5-6,8,16H,4,7,9,19H2/t16-/m1/s1. The number of aryl methyl sites for hydroxylation is 1. The van der Waals surface area contributed by atoms with Gasteiger partial charge >= 0.3 is 0 Å². The minimum atomic E-state index is -0.590. The van der Waals surface area contributed by atoms with Gasteiger partial charge in [0.25, 0.3) is 0 Å². The van der Waals surface area contributed by atoms with Gasteiger partial charge in [0, 0.05) is 6.04 Å². The molecule has 20 heavy (non-hydrogen) atoms. The van der Waals surface area contributed by atoms with E-state index in [0.717, 1.165) is 24.0 Å². The maximum Gasteiger partial charge on any atom is 0.132 e. The van der Waals surface area contributed by atoms with Crippen molar-refractivity contribution >= 4 is 0 Å². The molecule has 1 aliphatic rings. The molecule has 1 atom stereocenters. The number of rotatable bonds is 3. The summed E-state index contributed by atoms with van der Waals surface area (Å²) < 4.78 is 32.5.